The molecule has 4 rings (SSSR count). The van der Waals surface area contributed by atoms with Gasteiger partial charge in [0.05, 0.1) is 12.6 Å². The SMILES string of the molecule is CCN1CCN(CC(=O)NC2CCC(Oc3cccc4cnccc34)CC2)CC1. The largest absolute Gasteiger partial charge is 0.490 e. The molecule has 1 aromatic heterocycles. The van der Waals surface area contributed by atoms with Crippen LogP contribution in [0, 0.1) is 0 Å². The van der Waals surface area contributed by atoms with Gasteiger partial charge in [0.15, 0.2) is 0 Å². The molecule has 2 aliphatic rings. The zero-order valence-corrected chi connectivity index (χ0v) is 17.3. The second-order valence-electron chi connectivity index (χ2n) is 8.22. The molecule has 156 valence electrons. The first-order valence-corrected chi connectivity index (χ1v) is 10.9. The van der Waals surface area contributed by atoms with Crippen LogP contribution in [0.5, 0.6) is 5.75 Å². The van der Waals surface area contributed by atoms with E-state index in [4.69, 9.17) is 4.74 Å². The van der Waals surface area contributed by atoms with Crippen LogP contribution in [-0.4, -0.2) is 72.1 Å². The fourth-order valence-electron chi connectivity index (χ4n) is 4.44. The standard InChI is InChI=1S/C23H32N4O2/c1-2-26-12-14-27(15-13-26)17-23(28)25-19-6-8-20(9-7-19)29-22-5-3-4-18-16-24-11-10-21(18)22/h3-5,10-11,16,19-20H,2,6-9,12-15,17H2,1H3,(H,25,28). The Balaban J connectivity index is 1.22. The number of carbonyl (C=O) groups excluding carboxylic acids is 1. The third-order valence-corrected chi connectivity index (χ3v) is 6.25. The Labute approximate surface area is 173 Å². The zero-order valence-electron chi connectivity index (χ0n) is 17.3. The van der Waals surface area contributed by atoms with Gasteiger partial charge in [-0.3, -0.25) is 14.7 Å². The number of amides is 1. The van der Waals surface area contributed by atoms with Crippen LogP contribution in [0.1, 0.15) is 32.6 Å². The minimum Gasteiger partial charge on any atom is -0.490 e. The summed E-state index contributed by atoms with van der Waals surface area (Å²) < 4.78 is 6.31. The van der Waals surface area contributed by atoms with E-state index in [0.29, 0.717) is 6.54 Å². The van der Waals surface area contributed by atoms with Crippen molar-refractivity contribution in [3.63, 3.8) is 0 Å². The summed E-state index contributed by atoms with van der Waals surface area (Å²) in [5, 5.41) is 5.46. The lowest BCUT2D eigenvalue weighted by Gasteiger charge is -2.34. The van der Waals surface area contributed by atoms with Gasteiger partial charge in [-0.15, -0.1) is 0 Å². The van der Waals surface area contributed by atoms with Crippen molar-refractivity contribution in [1.82, 2.24) is 20.1 Å². The van der Waals surface area contributed by atoms with Crippen molar-refractivity contribution in [2.75, 3.05) is 39.3 Å². The van der Waals surface area contributed by atoms with Crippen LogP contribution >= 0.6 is 0 Å². The van der Waals surface area contributed by atoms with Gasteiger partial charge in [-0.2, -0.15) is 0 Å². The molecule has 0 bridgehead atoms. The van der Waals surface area contributed by atoms with Gasteiger partial charge >= 0.3 is 0 Å². The summed E-state index contributed by atoms with van der Waals surface area (Å²) >= 11 is 0. The molecule has 1 aliphatic heterocycles. The lowest BCUT2D eigenvalue weighted by Crippen LogP contribution is -2.50. The van der Waals surface area contributed by atoms with Crippen molar-refractivity contribution < 1.29 is 9.53 Å². The van der Waals surface area contributed by atoms with Gasteiger partial charge in [0.25, 0.3) is 0 Å². The molecular formula is C23H32N4O2. The van der Waals surface area contributed by atoms with E-state index in [1.54, 1.807) is 0 Å². The highest BCUT2D eigenvalue weighted by Crippen LogP contribution is 2.29. The Morgan fingerprint density at radius 3 is 2.62 bits per heavy atom. The normalized spacial score (nSPS) is 23.8. The molecule has 1 saturated heterocycles. The smallest absolute Gasteiger partial charge is 0.234 e. The summed E-state index contributed by atoms with van der Waals surface area (Å²) in [6, 6.07) is 8.40. The summed E-state index contributed by atoms with van der Waals surface area (Å²) in [7, 11) is 0. The third-order valence-electron chi connectivity index (χ3n) is 6.25. The molecule has 0 atom stereocenters. The van der Waals surface area contributed by atoms with E-state index in [1.165, 1.54) is 0 Å². The number of hydrogen-bond acceptors (Lipinski definition) is 5. The first kappa shape index (κ1) is 20.1. The monoisotopic (exact) mass is 396 g/mol. The maximum absolute atomic E-state index is 12.4. The Kier molecular flexibility index (Phi) is 6.62. The lowest BCUT2D eigenvalue weighted by atomic mass is 9.93. The number of hydrogen-bond donors (Lipinski definition) is 1. The molecule has 0 unspecified atom stereocenters. The van der Waals surface area contributed by atoms with Crippen LogP contribution in [0.3, 0.4) is 0 Å². The summed E-state index contributed by atoms with van der Waals surface area (Å²) in [6.45, 7) is 7.93. The van der Waals surface area contributed by atoms with Crippen LogP contribution in [0.15, 0.2) is 36.7 Å². The second-order valence-corrected chi connectivity index (χ2v) is 8.22. The quantitative estimate of drug-likeness (QED) is 0.814. The lowest BCUT2D eigenvalue weighted by molar-refractivity contribution is -0.123. The predicted molar refractivity (Wildman–Crippen MR) is 115 cm³/mol. The van der Waals surface area contributed by atoms with E-state index in [1.807, 2.05) is 30.6 Å². The Morgan fingerprint density at radius 2 is 1.86 bits per heavy atom. The van der Waals surface area contributed by atoms with E-state index >= 15 is 0 Å². The van der Waals surface area contributed by atoms with E-state index in [9.17, 15) is 4.79 Å². The third kappa shape index (κ3) is 5.25. The predicted octanol–water partition coefficient (Wildman–Crippen LogP) is 2.68. The molecule has 0 spiro atoms. The maximum Gasteiger partial charge on any atom is 0.234 e. The Bertz CT molecular complexity index is 806. The van der Waals surface area contributed by atoms with Crippen molar-refractivity contribution in [1.29, 1.82) is 0 Å². The van der Waals surface area contributed by atoms with Gasteiger partial charge in [0.2, 0.25) is 5.91 Å². The fraction of sp³-hybridized carbons (Fsp3) is 0.565. The van der Waals surface area contributed by atoms with Crippen LogP contribution in [-0.2, 0) is 4.79 Å². The summed E-state index contributed by atoms with van der Waals surface area (Å²) in [5.74, 6) is 1.10. The van der Waals surface area contributed by atoms with Gasteiger partial charge in [-0.25, -0.2) is 0 Å². The number of rotatable bonds is 6. The van der Waals surface area contributed by atoms with Crippen molar-refractivity contribution in [3.8, 4) is 5.75 Å². The number of nitrogens with one attached hydrogen (secondary N) is 1. The number of benzene rings is 1. The number of pyridine rings is 1. The van der Waals surface area contributed by atoms with Crippen LogP contribution in [0.25, 0.3) is 10.8 Å². The summed E-state index contributed by atoms with van der Waals surface area (Å²) in [6.07, 6.45) is 7.80. The molecule has 2 heterocycles. The first-order chi connectivity index (χ1) is 14.2. The van der Waals surface area contributed by atoms with E-state index in [0.717, 1.165) is 74.9 Å². The second kappa shape index (κ2) is 9.55. The fourth-order valence-corrected chi connectivity index (χ4v) is 4.44. The summed E-state index contributed by atoms with van der Waals surface area (Å²) in [5.41, 5.74) is 0. The van der Waals surface area contributed by atoms with E-state index < -0.39 is 0 Å². The van der Waals surface area contributed by atoms with E-state index in [-0.39, 0.29) is 18.1 Å². The number of nitrogens with zero attached hydrogens (tertiary/aromatic N) is 3. The van der Waals surface area contributed by atoms with Gasteiger partial charge in [-0.1, -0.05) is 19.1 Å². The average Bonchev–Trinajstić information content (AvgIpc) is 2.76. The molecule has 2 fully saturated rings. The molecular weight excluding hydrogens is 364 g/mol. The topological polar surface area (TPSA) is 57.7 Å². The molecule has 0 radical (unpaired) electrons. The molecule has 2 aromatic rings. The molecule has 6 nitrogen and oxygen atoms in total. The van der Waals surface area contributed by atoms with Gasteiger partial charge in [0, 0.05) is 55.4 Å². The molecule has 1 amide bonds. The molecule has 1 N–H and O–H groups in total. The molecule has 1 saturated carbocycles. The number of piperazine rings is 1. The molecule has 6 heteroatoms. The molecule has 29 heavy (non-hydrogen) atoms. The summed E-state index contributed by atoms with van der Waals surface area (Å²) in [4.78, 5) is 21.3. The van der Waals surface area contributed by atoms with Crippen molar-refractivity contribution in [3.05, 3.63) is 36.7 Å². The van der Waals surface area contributed by atoms with Crippen LogP contribution < -0.4 is 10.1 Å². The van der Waals surface area contributed by atoms with Crippen molar-refractivity contribution in [2.45, 2.75) is 44.8 Å². The Hall–Kier alpha value is -2.18. The minimum atomic E-state index is 0.167. The van der Waals surface area contributed by atoms with Crippen LogP contribution in [0.4, 0.5) is 0 Å². The highest BCUT2D eigenvalue weighted by atomic mass is 16.5. The van der Waals surface area contributed by atoms with Gasteiger partial charge in [0.1, 0.15) is 5.75 Å². The molecule has 1 aliphatic carbocycles. The van der Waals surface area contributed by atoms with Gasteiger partial charge in [-0.05, 0) is 44.4 Å². The van der Waals surface area contributed by atoms with Crippen molar-refractivity contribution in [2.24, 2.45) is 0 Å². The average molecular weight is 397 g/mol. The number of ether oxygens (including phenoxy) is 1. The first-order valence-electron chi connectivity index (χ1n) is 10.9. The number of aromatic nitrogens is 1. The van der Waals surface area contributed by atoms with E-state index in [2.05, 4.69) is 33.1 Å². The van der Waals surface area contributed by atoms with Crippen LogP contribution in [0.2, 0.25) is 0 Å². The Morgan fingerprint density at radius 1 is 1.10 bits per heavy atom. The van der Waals surface area contributed by atoms with Gasteiger partial charge < -0.3 is 15.0 Å². The number of likely N-dealkylation sites (N-methyl/N-ethyl adjacent to an activating group) is 1. The number of carbonyl (C=O) groups is 1. The highest BCUT2D eigenvalue weighted by Gasteiger charge is 2.25. The maximum atomic E-state index is 12.4. The van der Waals surface area contributed by atoms with Crippen molar-refractivity contribution >= 4 is 16.7 Å². The molecule has 1 aromatic carbocycles. The number of fused-ring (bicyclic) bond motifs is 1. The minimum absolute atomic E-state index is 0.167. The zero-order chi connectivity index (χ0) is 20.1. The highest BCUT2D eigenvalue weighted by molar-refractivity contribution is 5.87.